The number of Topliss-reactive ketones (excluding diaryl/α,β-unsaturated/α-hetero) is 2. The molecule has 0 spiro atoms. The molecular formula is C43H51NO3S. The predicted molar refractivity (Wildman–Crippen MR) is 208 cm³/mol. The minimum absolute atomic E-state index is 0.0154. The van der Waals surface area contributed by atoms with Gasteiger partial charge in [0.25, 0.3) is 0 Å². The monoisotopic (exact) mass is 661 g/mol. The van der Waals surface area contributed by atoms with E-state index in [0.717, 1.165) is 57.4 Å². The van der Waals surface area contributed by atoms with Crippen molar-refractivity contribution in [1.82, 2.24) is 4.57 Å². The topological polar surface area (TPSA) is 48.3 Å². The van der Waals surface area contributed by atoms with E-state index in [0.29, 0.717) is 23.1 Å². The van der Waals surface area contributed by atoms with Crippen LogP contribution in [0.3, 0.4) is 0 Å². The second-order valence-electron chi connectivity index (χ2n) is 12.0. The quantitative estimate of drug-likeness (QED) is 0.0734. The van der Waals surface area contributed by atoms with E-state index < -0.39 is 0 Å². The Morgan fingerprint density at radius 2 is 1.40 bits per heavy atom. The first kappa shape index (κ1) is 38.1. The number of ether oxygens (including phenoxy) is 1. The zero-order valence-corrected chi connectivity index (χ0v) is 30.9. The van der Waals surface area contributed by atoms with Crippen molar-refractivity contribution in [3.05, 3.63) is 137 Å². The highest BCUT2D eigenvalue weighted by Gasteiger charge is 2.18. The molecule has 3 aromatic carbocycles. The average Bonchev–Trinajstić information content (AvgIpc) is 3.22. The Morgan fingerprint density at radius 1 is 0.854 bits per heavy atom. The van der Waals surface area contributed by atoms with Crippen molar-refractivity contribution in [3.8, 4) is 0 Å². The number of rotatable bonds is 10. The van der Waals surface area contributed by atoms with E-state index in [4.69, 9.17) is 0 Å². The van der Waals surface area contributed by atoms with Gasteiger partial charge >= 0.3 is 0 Å². The highest BCUT2D eigenvalue weighted by Crippen LogP contribution is 2.33. The molecule has 1 heterocycles. The van der Waals surface area contributed by atoms with E-state index in [2.05, 4.69) is 81.4 Å². The standard InChI is InChI=1S/C36H35NO2S.C4H8O.C3H8/c1-6-37-32-17-15-27(34(38)24(3)19-20-40-36-25(4)12-10-13-26(36)5)21-30(32)31-22-28(16-18-33(31)37)35(39)29-14-9-7-8-11-23(29)2;1-4(2)5-3;1-3-2/h8-18,21-22H,3,6-7,19-20H2,1-2,4-5H3;1H2,2-3H3;3H2,1-2H3. The van der Waals surface area contributed by atoms with Crippen molar-refractivity contribution in [2.24, 2.45) is 0 Å². The van der Waals surface area contributed by atoms with Gasteiger partial charge in [0.1, 0.15) is 0 Å². The van der Waals surface area contributed by atoms with Crippen LogP contribution in [0.15, 0.2) is 119 Å². The molecule has 0 fully saturated rings. The summed E-state index contributed by atoms with van der Waals surface area (Å²) in [5.41, 5.74) is 8.23. The van der Waals surface area contributed by atoms with Crippen LogP contribution < -0.4 is 0 Å². The zero-order valence-electron chi connectivity index (χ0n) is 30.0. The summed E-state index contributed by atoms with van der Waals surface area (Å²) in [5.74, 6) is 1.55. The summed E-state index contributed by atoms with van der Waals surface area (Å²) in [7, 11) is 1.60. The Labute approximate surface area is 292 Å². The Morgan fingerprint density at radius 3 is 1.96 bits per heavy atom. The molecule has 1 aliphatic carbocycles. The molecule has 5 rings (SSSR count). The third-order valence-corrected chi connectivity index (χ3v) is 9.37. The number of carbonyl (C=O) groups excluding carboxylic acids is 2. The van der Waals surface area contributed by atoms with Crippen LogP contribution in [0.1, 0.15) is 85.7 Å². The molecule has 0 atom stereocenters. The number of allylic oxidation sites excluding steroid dienone is 8. The second-order valence-corrected chi connectivity index (χ2v) is 13.1. The van der Waals surface area contributed by atoms with Gasteiger partial charge in [-0.25, -0.2) is 0 Å². The van der Waals surface area contributed by atoms with E-state index in [9.17, 15) is 9.59 Å². The number of hydrogen-bond acceptors (Lipinski definition) is 4. The van der Waals surface area contributed by atoms with Crippen LogP contribution in [0.25, 0.3) is 21.8 Å². The van der Waals surface area contributed by atoms with Gasteiger partial charge < -0.3 is 9.30 Å². The maximum absolute atomic E-state index is 13.5. The van der Waals surface area contributed by atoms with Crippen molar-refractivity contribution in [3.63, 3.8) is 0 Å². The number of aromatic nitrogens is 1. The molecule has 0 amide bonds. The first-order chi connectivity index (χ1) is 23.0. The molecule has 252 valence electrons. The SMILES string of the molecule is C=C(C)OC.C=C(CCSc1c(C)cccc1C)C(=O)c1ccc2c(c1)c1cc(C(=O)C3=C(C)C=CCC=C3)ccc1n2CC.CCC. The van der Waals surface area contributed by atoms with Crippen LogP contribution in [0.4, 0.5) is 0 Å². The summed E-state index contributed by atoms with van der Waals surface area (Å²) in [6.45, 7) is 22.8. The molecule has 1 aliphatic rings. The number of benzene rings is 3. The summed E-state index contributed by atoms with van der Waals surface area (Å²) >= 11 is 1.78. The lowest BCUT2D eigenvalue weighted by atomic mass is 9.97. The summed E-state index contributed by atoms with van der Waals surface area (Å²) in [6.07, 6.45) is 10.7. The normalized spacial score (nSPS) is 12.2. The Hall–Kier alpha value is -4.35. The maximum atomic E-state index is 13.5. The lowest BCUT2D eigenvalue weighted by Crippen LogP contribution is -2.04. The summed E-state index contributed by atoms with van der Waals surface area (Å²) < 4.78 is 6.79. The van der Waals surface area contributed by atoms with Crippen molar-refractivity contribution in [2.75, 3.05) is 12.9 Å². The number of aryl methyl sites for hydroxylation is 3. The smallest absolute Gasteiger partial charge is 0.193 e. The van der Waals surface area contributed by atoms with Crippen molar-refractivity contribution < 1.29 is 14.3 Å². The van der Waals surface area contributed by atoms with E-state index in [-0.39, 0.29) is 11.6 Å². The number of methoxy groups -OCH3 is 1. The molecule has 5 heteroatoms. The van der Waals surface area contributed by atoms with Gasteiger partial charge in [0.2, 0.25) is 0 Å². The Bertz CT molecular complexity index is 1880. The van der Waals surface area contributed by atoms with Crippen LogP contribution in [-0.2, 0) is 11.3 Å². The molecule has 48 heavy (non-hydrogen) atoms. The van der Waals surface area contributed by atoms with Gasteiger partial charge in [-0.15, -0.1) is 11.8 Å². The number of ketones is 2. The molecule has 4 aromatic rings. The van der Waals surface area contributed by atoms with Crippen LogP contribution in [0.2, 0.25) is 0 Å². The van der Waals surface area contributed by atoms with Gasteiger partial charge in [-0.1, -0.05) is 75.9 Å². The molecular weight excluding hydrogens is 611 g/mol. The fraction of sp³-hybridized carbons (Fsp3) is 0.302. The number of nitrogens with zero attached hydrogens (tertiary/aromatic N) is 1. The molecule has 0 bridgehead atoms. The van der Waals surface area contributed by atoms with Crippen LogP contribution >= 0.6 is 11.8 Å². The third kappa shape index (κ3) is 9.38. The van der Waals surface area contributed by atoms with Crippen molar-refractivity contribution in [1.29, 1.82) is 0 Å². The molecule has 0 radical (unpaired) electrons. The minimum atomic E-state index is -0.0233. The summed E-state index contributed by atoms with van der Waals surface area (Å²) in [4.78, 5) is 28.2. The fourth-order valence-electron chi connectivity index (χ4n) is 5.49. The van der Waals surface area contributed by atoms with Crippen molar-refractivity contribution in [2.45, 2.75) is 79.2 Å². The predicted octanol–water partition coefficient (Wildman–Crippen LogP) is 12.0. The Balaban J connectivity index is 0.000000705. The zero-order chi connectivity index (χ0) is 35.4. The third-order valence-electron chi connectivity index (χ3n) is 8.03. The Kier molecular flexibility index (Phi) is 14.5. The van der Waals surface area contributed by atoms with Gasteiger partial charge in [-0.2, -0.15) is 0 Å². The van der Waals surface area contributed by atoms with Crippen LogP contribution in [0.5, 0.6) is 0 Å². The van der Waals surface area contributed by atoms with E-state index in [1.165, 1.54) is 22.4 Å². The highest BCUT2D eigenvalue weighted by atomic mass is 32.2. The van der Waals surface area contributed by atoms with Gasteiger partial charge in [0.05, 0.1) is 12.9 Å². The molecule has 0 saturated heterocycles. The molecule has 0 N–H and O–H groups in total. The second kappa shape index (κ2) is 18.3. The summed E-state index contributed by atoms with van der Waals surface area (Å²) in [5, 5.41) is 1.97. The van der Waals surface area contributed by atoms with E-state index in [1.54, 1.807) is 25.8 Å². The highest BCUT2D eigenvalue weighted by molar-refractivity contribution is 7.99. The summed E-state index contributed by atoms with van der Waals surface area (Å²) in [6, 6.07) is 18.2. The lowest BCUT2D eigenvalue weighted by Gasteiger charge is -2.10. The van der Waals surface area contributed by atoms with Crippen molar-refractivity contribution >= 4 is 45.1 Å². The number of fused-ring (bicyclic) bond motifs is 3. The van der Waals surface area contributed by atoms with Crippen LogP contribution in [-0.4, -0.2) is 29.0 Å². The van der Waals surface area contributed by atoms with Gasteiger partial charge in [0, 0.05) is 55.7 Å². The minimum Gasteiger partial charge on any atom is -0.502 e. The average molecular weight is 662 g/mol. The van der Waals surface area contributed by atoms with Gasteiger partial charge in [-0.3, -0.25) is 9.59 Å². The largest absolute Gasteiger partial charge is 0.502 e. The fourth-order valence-corrected chi connectivity index (χ4v) is 6.63. The number of hydrogen-bond donors (Lipinski definition) is 0. The van der Waals surface area contributed by atoms with Gasteiger partial charge in [0.15, 0.2) is 11.6 Å². The van der Waals surface area contributed by atoms with Crippen LogP contribution in [0, 0.1) is 13.8 Å². The van der Waals surface area contributed by atoms with E-state index in [1.807, 2.05) is 61.5 Å². The van der Waals surface area contributed by atoms with Gasteiger partial charge in [-0.05, 0) is 106 Å². The first-order valence-corrected chi connectivity index (χ1v) is 17.7. The molecule has 0 aliphatic heterocycles. The molecule has 1 aromatic heterocycles. The number of thioether (sulfide) groups is 1. The van der Waals surface area contributed by atoms with E-state index >= 15 is 0 Å². The lowest BCUT2D eigenvalue weighted by molar-refractivity contribution is 0.102. The molecule has 0 saturated carbocycles. The first-order valence-electron chi connectivity index (χ1n) is 16.7. The molecule has 0 unspecified atom stereocenters. The molecule has 4 nitrogen and oxygen atoms in total. The maximum Gasteiger partial charge on any atom is 0.193 e. The number of carbonyl (C=O) groups is 2.